The van der Waals surface area contributed by atoms with E-state index in [1.165, 1.54) is 0 Å². The highest BCUT2D eigenvalue weighted by Gasteiger charge is 2.76. The quantitative estimate of drug-likeness (QED) is 0.415. The van der Waals surface area contributed by atoms with Gasteiger partial charge in [0.15, 0.2) is 0 Å². The van der Waals surface area contributed by atoms with Crippen LogP contribution in [0.4, 0.5) is 5.69 Å². The highest BCUT2D eigenvalue weighted by Crippen LogP contribution is 2.68. The lowest BCUT2D eigenvalue weighted by Gasteiger charge is -2.37. The molecule has 1 aromatic carbocycles. The first kappa shape index (κ1) is 25.8. The average Bonchev–Trinajstić information content (AvgIpc) is 3.39. The van der Waals surface area contributed by atoms with Crippen molar-refractivity contribution in [3.8, 4) is 0 Å². The molecule has 0 aliphatic carbocycles. The van der Waals surface area contributed by atoms with Crippen LogP contribution in [0.15, 0.2) is 18.2 Å². The minimum atomic E-state index is -0.822. The van der Waals surface area contributed by atoms with Crippen molar-refractivity contribution >= 4 is 62.7 Å². The number of carbonyl (C=O) groups excluding carboxylic acids is 3. The number of hydrogen-bond acceptors (Lipinski definition) is 5. The summed E-state index contributed by atoms with van der Waals surface area (Å²) in [6, 6.07) is 4.06. The fourth-order valence-corrected chi connectivity index (χ4v) is 9.69. The van der Waals surface area contributed by atoms with E-state index < -0.39 is 28.7 Å². The van der Waals surface area contributed by atoms with Crippen LogP contribution in [0.1, 0.15) is 38.7 Å². The molecule has 3 heterocycles. The van der Waals surface area contributed by atoms with Gasteiger partial charge in [0.05, 0.1) is 39.9 Å². The summed E-state index contributed by atoms with van der Waals surface area (Å²) >= 11 is 11.7. The maximum absolute atomic E-state index is 13.9. The van der Waals surface area contributed by atoms with Gasteiger partial charge in [0.25, 0.3) is 0 Å². The fraction of sp³-hybridized carbons (Fsp3) is 0.625. The number of thioether (sulfide) groups is 1. The molecule has 3 N–H and O–H groups in total. The molecule has 7 atom stereocenters. The molecule has 7 nitrogen and oxygen atoms in total. The van der Waals surface area contributed by atoms with Crippen LogP contribution in [0.2, 0.25) is 5.02 Å². The molecular formula is C24H31BrClN3O4S. The summed E-state index contributed by atoms with van der Waals surface area (Å²) in [4.78, 5) is 42.6. The van der Waals surface area contributed by atoms with Crippen molar-refractivity contribution in [1.82, 2.24) is 10.2 Å². The summed E-state index contributed by atoms with van der Waals surface area (Å²) in [7, 11) is 0. The van der Waals surface area contributed by atoms with Crippen molar-refractivity contribution < 1.29 is 19.5 Å². The second-order valence-electron chi connectivity index (χ2n) is 9.37. The van der Waals surface area contributed by atoms with Gasteiger partial charge in [-0.25, -0.2) is 0 Å². The second kappa shape index (κ2) is 9.99. The number of para-hydroxylation sites is 1. The van der Waals surface area contributed by atoms with Gasteiger partial charge in [-0.1, -0.05) is 53.5 Å². The Morgan fingerprint density at radius 1 is 1.35 bits per heavy atom. The van der Waals surface area contributed by atoms with Gasteiger partial charge in [0.1, 0.15) is 6.04 Å². The number of aryl methyl sites for hydroxylation is 1. The van der Waals surface area contributed by atoms with Crippen molar-refractivity contribution in [2.24, 2.45) is 11.8 Å². The first-order valence-electron chi connectivity index (χ1n) is 11.8. The Kier molecular flexibility index (Phi) is 7.58. The molecule has 3 aliphatic heterocycles. The van der Waals surface area contributed by atoms with Crippen LogP contribution in [0, 0.1) is 18.8 Å². The molecule has 3 amide bonds. The number of aliphatic hydroxyl groups is 1. The number of halogens is 2. The highest BCUT2D eigenvalue weighted by molar-refractivity contribution is 9.09. The maximum atomic E-state index is 13.9. The Bertz CT molecular complexity index is 973. The normalized spacial score (nSPS) is 32.6. The van der Waals surface area contributed by atoms with E-state index in [1.807, 2.05) is 32.9 Å². The molecule has 1 spiro atoms. The average molecular weight is 573 g/mol. The van der Waals surface area contributed by atoms with Gasteiger partial charge in [-0.2, -0.15) is 0 Å². The molecule has 186 valence electrons. The number of alkyl halides is 1. The van der Waals surface area contributed by atoms with Gasteiger partial charge in [-0.15, -0.1) is 11.8 Å². The number of anilines is 1. The number of benzene rings is 1. The molecule has 3 saturated heterocycles. The lowest BCUT2D eigenvalue weighted by molar-refractivity contribution is -0.142. The lowest BCUT2D eigenvalue weighted by Crippen LogP contribution is -2.55. The van der Waals surface area contributed by atoms with E-state index in [0.29, 0.717) is 30.1 Å². The van der Waals surface area contributed by atoms with Gasteiger partial charge >= 0.3 is 0 Å². The van der Waals surface area contributed by atoms with Crippen LogP contribution < -0.4 is 10.6 Å². The number of nitrogens with zero attached hydrogens (tertiary/aromatic N) is 1. The summed E-state index contributed by atoms with van der Waals surface area (Å²) in [5.41, 5.74) is 1.34. The number of carbonyl (C=O) groups is 3. The smallest absolute Gasteiger partial charge is 0.248 e. The largest absolute Gasteiger partial charge is 0.394 e. The Balaban J connectivity index is 1.77. The molecule has 10 heteroatoms. The number of nitrogens with one attached hydrogen (secondary N) is 2. The van der Waals surface area contributed by atoms with Gasteiger partial charge in [-0.3, -0.25) is 14.4 Å². The third kappa shape index (κ3) is 3.96. The summed E-state index contributed by atoms with van der Waals surface area (Å²) in [6.07, 6.45) is 1.89. The standard InChI is InChI=1S/C24H31BrClN3O4S/c1-4-9-27-21(31)16-17-23(33)29(13(5-2)11-30)20(24(17)10-14(25)19(16)34-24)22(32)28-18-12(3)7-6-8-15(18)26/h6-8,13-14,16-17,19-20,30H,4-5,9-11H2,1-3H3,(H,27,31)(H,28,32)/t13-,14?,16+,17-,19+,20?,24?/m0/s1. The van der Waals surface area contributed by atoms with Crippen LogP contribution in [-0.2, 0) is 14.4 Å². The Morgan fingerprint density at radius 3 is 2.71 bits per heavy atom. The molecule has 3 unspecified atom stereocenters. The van der Waals surface area contributed by atoms with Crippen LogP contribution in [0.25, 0.3) is 0 Å². The van der Waals surface area contributed by atoms with E-state index in [2.05, 4.69) is 26.6 Å². The topological polar surface area (TPSA) is 98.7 Å². The first-order chi connectivity index (χ1) is 16.2. The summed E-state index contributed by atoms with van der Waals surface area (Å²) in [5, 5.41) is 16.4. The molecule has 34 heavy (non-hydrogen) atoms. The van der Waals surface area contributed by atoms with E-state index in [1.54, 1.807) is 22.7 Å². The number of amides is 3. The molecule has 1 aromatic rings. The predicted octanol–water partition coefficient (Wildman–Crippen LogP) is 3.35. The molecule has 3 fully saturated rings. The van der Waals surface area contributed by atoms with Gasteiger partial charge in [0, 0.05) is 16.6 Å². The van der Waals surface area contributed by atoms with E-state index >= 15 is 0 Å². The third-order valence-corrected chi connectivity index (χ3v) is 10.9. The van der Waals surface area contributed by atoms with E-state index in [9.17, 15) is 19.5 Å². The van der Waals surface area contributed by atoms with Crippen molar-refractivity contribution in [1.29, 1.82) is 0 Å². The Morgan fingerprint density at radius 2 is 2.09 bits per heavy atom. The van der Waals surface area contributed by atoms with E-state index in [4.69, 9.17) is 11.6 Å². The highest BCUT2D eigenvalue weighted by atomic mass is 79.9. The molecular weight excluding hydrogens is 542 g/mol. The maximum Gasteiger partial charge on any atom is 0.248 e. The van der Waals surface area contributed by atoms with Gasteiger partial charge < -0.3 is 20.6 Å². The van der Waals surface area contributed by atoms with Crippen LogP contribution in [-0.4, -0.2) is 67.8 Å². The van der Waals surface area contributed by atoms with E-state index in [-0.39, 0.29) is 34.4 Å². The van der Waals surface area contributed by atoms with Crippen molar-refractivity contribution in [3.05, 3.63) is 28.8 Å². The molecule has 0 radical (unpaired) electrons. The summed E-state index contributed by atoms with van der Waals surface area (Å²) < 4.78 is -0.758. The number of likely N-dealkylation sites (tertiary alicyclic amines) is 1. The predicted molar refractivity (Wildman–Crippen MR) is 138 cm³/mol. The summed E-state index contributed by atoms with van der Waals surface area (Å²) in [6.45, 7) is 6.02. The van der Waals surface area contributed by atoms with Crippen LogP contribution in [0.3, 0.4) is 0 Å². The molecule has 2 bridgehead atoms. The number of aliphatic hydroxyl groups excluding tert-OH is 1. The molecule has 3 aliphatic rings. The summed E-state index contributed by atoms with van der Waals surface area (Å²) in [5.74, 6) is -1.83. The van der Waals surface area contributed by atoms with Gasteiger partial charge in [-0.05, 0) is 37.8 Å². The first-order valence-corrected chi connectivity index (χ1v) is 14.0. The zero-order chi connectivity index (χ0) is 24.8. The number of rotatable bonds is 8. The minimum absolute atomic E-state index is 0.00503. The Hall–Kier alpha value is -1.29. The number of fused-ring (bicyclic) bond motifs is 1. The van der Waals surface area contributed by atoms with E-state index in [0.717, 1.165) is 12.0 Å². The number of hydrogen-bond donors (Lipinski definition) is 3. The van der Waals surface area contributed by atoms with Gasteiger partial charge in [0.2, 0.25) is 17.7 Å². The zero-order valence-corrected chi connectivity index (χ0v) is 22.7. The monoisotopic (exact) mass is 571 g/mol. The van der Waals surface area contributed by atoms with Crippen LogP contribution >= 0.6 is 39.3 Å². The third-order valence-electron chi connectivity index (χ3n) is 7.37. The fourth-order valence-electron chi connectivity index (χ4n) is 5.82. The zero-order valence-electron chi connectivity index (χ0n) is 19.5. The minimum Gasteiger partial charge on any atom is -0.394 e. The van der Waals surface area contributed by atoms with Crippen LogP contribution in [0.5, 0.6) is 0 Å². The Labute approximate surface area is 217 Å². The molecule has 4 rings (SSSR count). The second-order valence-corrected chi connectivity index (χ2v) is 12.5. The molecule has 0 aromatic heterocycles. The van der Waals surface area contributed by atoms with Crippen molar-refractivity contribution in [3.63, 3.8) is 0 Å². The van der Waals surface area contributed by atoms with Crippen molar-refractivity contribution in [2.75, 3.05) is 18.5 Å². The molecule has 0 saturated carbocycles. The SMILES string of the molecule is CCCNC(=O)[C@H]1[C@@H]2SC3(CC2Br)C(C(=O)Nc2c(C)cccc2Cl)N([C@@H](CC)CO)C(=O)[C@H]13. The van der Waals surface area contributed by atoms with Crippen molar-refractivity contribution in [2.45, 2.75) is 66.9 Å². The lowest BCUT2D eigenvalue weighted by atomic mass is 9.70.